The van der Waals surface area contributed by atoms with Gasteiger partial charge in [0.05, 0.1) is 12.6 Å². The molecule has 5 heteroatoms. The Morgan fingerprint density at radius 1 is 1.38 bits per heavy atom. The van der Waals surface area contributed by atoms with Gasteiger partial charge in [-0.1, -0.05) is 6.92 Å². The predicted molar refractivity (Wildman–Crippen MR) is 60.3 cm³/mol. The molecule has 1 atom stereocenters. The van der Waals surface area contributed by atoms with Crippen molar-refractivity contribution in [3.63, 3.8) is 0 Å². The van der Waals surface area contributed by atoms with Crippen LogP contribution in [0.2, 0.25) is 0 Å². The third-order valence-electron chi connectivity index (χ3n) is 1.82. The summed E-state index contributed by atoms with van der Waals surface area (Å²) in [6, 6.07) is 1.88. The summed E-state index contributed by atoms with van der Waals surface area (Å²) in [5, 5.41) is 13.8. The van der Waals surface area contributed by atoms with Crippen LogP contribution in [0.4, 0.5) is 0 Å². The second-order valence-electron chi connectivity index (χ2n) is 4.61. The SMILES string of the molecule is CCC(C#N)C(=O)NCC(=O)NC(C)(C)C. The first-order valence-electron chi connectivity index (χ1n) is 5.28. The minimum absolute atomic E-state index is 0.0890. The Morgan fingerprint density at radius 2 is 1.94 bits per heavy atom. The number of nitriles is 1. The average Bonchev–Trinajstić information content (AvgIpc) is 2.14. The Bertz CT molecular complexity index is 299. The first kappa shape index (κ1) is 14.4. The van der Waals surface area contributed by atoms with Gasteiger partial charge >= 0.3 is 0 Å². The fourth-order valence-corrected chi connectivity index (χ4v) is 1.09. The topological polar surface area (TPSA) is 82.0 Å². The van der Waals surface area contributed by atoms with Crippen molar-refractivity contribution in [1.82, 2.24) is 10.6 Å². The van der Waals surface area contributed by atoms with E-state index in [4.69, 9.17) is 5.26 Å². The largest absolute Gasteiger partial charge is 0.350 e. The second kappa shape index (κ2) is 6.11. The van der Waals surface area contributed by atoms with Crippen molar-refractivity contribution >= 4 is 11.8 Å². The van der Waals surface area contributed by atoms with Crippen LogP contribution in [0.1, 0.15) is 34.1 Å². The normalized spacial score (nSPS) is 12.4. The number of nitrogens with one attached hydrogen (secondary N) is 2. The smallest absolute Gasteiger partial charge is 0.239 e. The highest BCUT2D eigenvalue weighted by Gasteiger charge is 2.18. The number of nitrogens with zero attached hydrogens (tertiary/aromatic N) is 1. The van der Waals surface area contributed by atoms with Crippen LogP contribution in [-0.2, 0) is 9.59 Å². The van der Waals surface area contributed by atoms with E-state index in [1.165, 1.54) is 0 Å². The molecule has 2 N–H and O–H groups in total. The van der Waals surface area contributed by atoms with E-state index in [1.807, 2.05) is 26.8 Å². The summed E-state index contributed by atoms with van der Waals surface area (Å²) in [5.74, 6) is -1.33. The zero-order valence-electron chi connectivity index (χ0n) is 10.3. The molecule has 90 valence electrons. The van der Waals surface area contributed by atoms with E-state index in [-0.39, 0.29) is 18.0 Å². The molecule has 1 unspecified atom stereocenters. The van der Waals surface area contributed by atoms with Crippen molar-refractivity contribution in [1.29, 1.82) is 5.26 Å². The monoisotopic (exact) mass is 225 g/mol. The Balaban J connectivity index is 4.03. The summed E-state index contributed by atoms with van der Waals surface area (Å²) in [4.78, 5) is 22.7. The van der Waals surface area contributed by atoms with Crippen LogP contribution in [0, 0.1) is 17.2 Å². The van der Waals surface area contributed by atoms with Crippen LogP contribution < -0.4 is 10.6 Å². The van der Waals surface area contributed by atoms with Crippen LogP contribution >= 0.6 is 0 Å². The van der Waals surface area contributed by atoms with Crippen molar-refractivity contribution in [2.75, 3.05) is 6.54 Å². The molecular weight excluding hydrogens is 206 g/mol. The van der Waals surface area contributed by atoms with Crippen molar-refractivity contribution in [2.45, 2.75) is 39.7 Å². The zero-order valence-corrected chi connectivity index (χ0v) is 10.3. The van der Waals surface area contributed by atoms with Gasteiger partial charge in [0.2, 0.25) is 11.8 Å². The van der Waals surface area contributed by atoms with Gasteiger partial charge in [0, 0.05) is 5.54 Å². The Hall–Kier alpha value is -1.57. The van der Waals surface area contributed by atoms with Crippen molar-refractivity contribution in [3.8, 4) is 6.07 Å². The molecule has 0 rings (SSSR count). The van der Waals surface area contributed by atoms with E-state index in [9.17, 15) is 9.59 Å². The lowest BCUT2D eigenvalue weighted by atomic mass is 10.1. The second-order valence-corrected chi connectivity index (χ2v) is 4.61. The highest BCUT2D eigenvalue weighted by Crippen LogP contribution is 2.00. The summed E-state index contributed by atoms with van der Waals surface area (Å²) in [5.41, 5.74) is -0.318. The molecule has 0 aliphatic rings. The summed E-state index contributed by atoms with van der Waals surface area (Å²) in [7, 11) is 0. The maximum Gasteiger partial charge on any atom is 0.239 e. The lowest BCUT2D eigenvalue weighted by Gasteiger charge is -2.20. The van der Waals surface area contributed by atoms with E-state index < -0.39 is 11.8 Å². The first-order valence-corrected chi connectivity index (χ1v) is 5.28. The van der Waals surface area contributed by atoms with E-state index >= 15 is 0 Å². The molecule has 0 radical (unpaired) electrons. The van der Waals surface area contributed by atoms with Crippen LogP contribution in [0.5, 0.6) is 0 Å². The molecule has 16 heavy (non-hydrogen) atoms. The average molecular weight is 225 g/mol. The minimum Gasteiger partial charge on any atom is -0.350 e. The fraction of sp³-hybridized carbons (Fsp3) is 0.727. The molecule has 0 aromatic heterocycles. The Labute approximate surface area is 96.2 Å². The van der Waals surface area contributed by atoms with Crippen molar-refractivity contribution < 1.29 is 9.59 Å². The van der Waals surface area contributed by atoms with Crippen LogP contribution in [0.3, 0.4) is 0 Å². The molecule has 0 aromatic carbocycles. The standard InChI is InChI=1S/C11H19N3O2/c1-5-8(6-12)10(16)13-7-9(15)14-11(2,3)4/h8H,5,7H2,1-4H3,(H,13,16)(H,14,15). The summed E-state index contributed by atoms with van der Waals surface area (Å²) in [6.45, 7) is 7.24. The van der Waals surface area contributed by atoms with E-state index in [2.05, 4.69) is 10.6 Å². The molecule has 0 fully saturated rings. The highest BCUT2D eigenvalue weighted by atomic mass is 16.2. The summed E-state index contributed by atoms with van der Waals surface area (Å²) >= 11 is 0. The van der Waals surface area contributed by atoms with Gasteiger partial charge in [-0.2, -0.15) is 5.26 Å². The molecule has 0 aliphatic heterocycles. The number of rotatable bonds is 4. The summed E-state index contributed by atoms with van der Waals surface area (Å²) in [6.07, 6.45) is 0.448. The molecular formula is C11H19N3O2. The van der Waals surface area contributed by atoms with Gasteiger partial charge in [0.1, 0.15) is 5.92 Å². The van der Waals surface area contributed by atoms with Gasteiger partial charge in [-0.25, -0.2) is 0 Å². The quantitative estimate of drug-likeness (QED) is 0.733. The third-order valence-corrected chi connectivity index (χ3v) is 1.82. The molecule has 0 spiro atoms. The number of carbonyl (C=O) groups is 2. The molecule has 2 amide bonds. The van der Waals surface area contributed by atoms with Gasteiger partial charge in [0.15, 0.2) is 0 Å². The van der Waals surface area contributed by atoms with E-state index in [0.717, 1.165) is 0 Å². The Morgan fingerprint density at radius 3 is 2.31 bits per heavy atom. The number of hydrogen-bond acceptors (Lipinski definition) is 3. The van der Waals surface area contributed by atoms with Gasteiger partial charge in [-0.3, -0.25) is 9.59 Å². The zero-order chi connectivity index (χ0) is 12.8. The van der Waals surface area contributed by atoms with Crippen LogP contribution in [-0.4, -0.2) is 23.9 Å². The summed E-state index contributed by atoms with van der Waals surface area (Å²) < 4.78 is 0. The van der Waals surface area contributed by atoms with Gasteiger partial charge in [0.25, 0.3) is 0 Å². The van der Waals surface area contributed by atoms with Gasteiger partial charge in [-0.05, 0) is 27.2 Å². The Kier molecular flexibility index (Phi) is 5.51. The fourth-order valence-electron chi connectivity index (χ4n) is 1.09. The molecule has 0 aromatic rings. The molecule has 0 saturated carbocycles. The van der Waals surface area contributed by atoms with Crippen LogP contribution in [0.25, 0.3) is 0 Å². The van der Waals surface area contributed by atoms with Gasteiger partial charge < -0.3 is 10.6 Å². The predicted octanol–water partition coefficient (Wildman–Crippen LogP) is 0.567. The lowest BCUT2D eigenvalue weighted by Crippen LogP contribution is -2.46. The number of carbonyl (C=O) groups excluding carboxylic acids is 2. The van der Waals surface area contributed by atoms with Crippen molar-refractivity contribution in [2.24, 2.45) is 5.92 Å². The lowest BCUT2D eigenvalue weighted by molar-refractivity contribution is -0.128. The first-order chi connectivity index (χ1) is 7.30. The molecule has 5 nitrogen and oxygen atoms in total. The minimum atomic E-state index is -0.678. The third kappa shape index (κ3) is 6.02. The molecule has 0 aliphatic carbocycles. The van der Waals surface area contributed by atoms with Gasteiger partial charge in [-0.15, -0.1) is 0 Å². The highest BCUT2D eigenvalue weighted by molar-refractivity contribution is 5.87. The van der Waals surface area contributed by atoms with Crippen molar-refractivity contribution in [3.05, 3.63) is 0 Å². The maximum atomic E-state index is 11.4. The number of amides is 2. The molecule has 0 bridgehead atoms. The maximum absolute atomic E-state index is 11.4. The number of hydrogen-bond donors (Lipinski definition) is 2. The van der Waals surface area contributed by atoms with E-state index in [0.29, 0.717) is 6.42 Å². The van der Waals surface area contributed by atoms with Crippen LogP contribution in [0.15, 0.2) is 0 Å². The molecule has 0 saturated heterocycles. The van der Waals surface area contributed by atoms with E-state index in [1.54, 1.807) is 6.92 Å². The molecule has 0 heterocycles.